The fourth-order valence-electron chi connectivity index (χ4n) is 2.81. The lowest BCUT2D eigenvalue weighted by molar-refractivity contribution is -0.157. The molecule has 0 saturated heterocycles. The number of carbonyl (C=O) groups is 2. The minimum atomic E-state index is -1.08. The molecule has 1 saturated carbocycles. The van der Waals surface area contributed by atoms with E-state index in [1.165, 1.54) is 0 Å². The van der Waals surface area contributed by atoms with Gasteiger partial charge in [-0.15, -0.1) is 0 Å². The molecule has 0 aliphatic heterocycles. The fourth-order valence-corrected chi connectivity index (χ4v) is 2.81. The van der Waals surface area contributed by atoms with Gasteiger partial charge in [-0.2, -0.15) is 0 Å². The van der Waals surface area contributed by atoms with Crippen LogP contribution in [0.1, 0.15) is 46.5 Å². The number of aliphatic carboxylic acids is 1. The van der Waals surface area contributed by atoms with Crippen LogP contribution in [-0.4, -0.2) is 46.2 Å². The number of hydrogen-bond donors (Lipinski definition) is 2. The van der Waals surface area contributed by atoms with Gasteiger partial charge in [0.1, 0.15) is 5.92 Å². The predicted octanol–water partition coefficient (Wildman–Crippen LogP) is 1.50. The molecule has 1 aliphatic rings. The van der Waals surface area contributed by atoms with Gasteiger partial charge >= 0.3 is 5.97 Å². The number of nitrogens with zero attached hydrogens (tertiary/aromatic N) is 1. The first-order valence-electron chi connectivity index (χ1n) is 6.93. The molecule has 5 heteroatoms. The maximum absolute atomic E-state index is 12.5. The highest BCUT2D eigenvalue weighted by molar-refractivity contribution is 5.97. The third-order valence-corrected chi connectivity index (χ3v) is 3.75. The highest BCUT2D eigenvalue weighted by Gasteiger charge is 2.42. The minimum absolute atomic E-state index is 0.0869. The topological polar surface area (TPSA) is 77.8 Å². The Labute approximate surface area is 114 Å². The Kier molecular flexibility index (Phi) is 5.35. The normalized spacial score (nSPS) is 18.3. The van der Waals surface area contributed by atoms with E-state index in [0.717, 1.165) is 25.7 Å². The maximum Gasteiger partial charge on any atom is 0.316 e. The number of carbonyl (C=O) groups excluding carboxylic acids is 1. The van der Waals surface area contributed by atoms with Crippen molar-refractivity contribution >= 4 is 11.9 Å². The van der Waals surface area contributed by atoms with E-state index in [2.05, 4.69) is 0 Å². The van der Waals surface area contributed by atoms with Crippen LogP contribution in [0, 0.1) is 11.3 Å². The number of aliphatic hydroxyl groups excluding tert-OH is 1. The van der Waals surface area contributed by atoms with Crippen molar-refractivity contribution in [3.63, 3.8) is 0 Å². The number of hydrogen-bond acceptors (Lipinski definition) is 3. The van der Waals surface area contributed by atoms with E-state index >= 15 is 0 Å². The molecule has 0 aromatic rings. The first-order chi connectivity index (χ1) is 8.79. The Bertz CT molecular complexity index is 329. The molecule has 1 aliphatic carbocycles. The monoisotopic (exact) mass is 271 g/mol. The summed E-state index contributed by atoms with van der Waals surface area (Å²) in [4.78, 5) is 25.5. The van der Waals surface area contributed by atoms with Gasteiger partial charge in [0.25, 0.3) is 0 Å². The lowest BCUT2D eigenvalue weighted by Crippen LogP contribution is -2.49. The molecule has 1 fully saturated rings. The summed E-state index contributed by atoms with van der Waals surface area (Å²) in [6.07, 6.45) is 3.94. The van der Waals surface area contributed by atoms with Gasteiger partial charge < -0.3 is 15.1 Å². The molecule has 5 nitrogen and oxygen atoms in total. The van der Waals surface area contributed by atoms with E-state index in [-0.39, 0.29) is 25.1 Å². The molecule has 0 spiro atoms. The average Bonchev–Trinajstić information content (AvgIpc) is 2.75. The van der Waals surface area contributed by atoms with Crippen molar-refractivity contribution in [2.45, 2.75) is 52.5 Å². The van der Waals surface area contributed by atoms with Crippen molar-refractivity contribution in [1.29, 1.82) is 0 Å². The first kappa shape index (κ1) is 16.0. The summed E-state index contributed by atoms with van der Waals surface area (Å²) >= 11 is 0. The van der Waals surface area contributed by atoms with E-state index < -0.39 is 17.3 Å². The van der Waals surface area contributed by atoms with Gasteiger partial charge in [-0.1, -0.05) is 33.6 Å². The van der Waals surface area contributed by atoms with Crippen molar-refractivity contribution in [3.8, 4) is 0 Å². The fraction of sp³-hybridized carbons (Fsp3) is 0.857. The van der Waals surface area contributed by atoms with Crippen LogP contribution in [0.3, 0.4) is 0 Å². The van der Waals surface area contributed by atoms with Crippen LogP contribution in [0.25, 0.3) is 0 Å². The summed E-state index contributed by atoms with van der Waals surface area (Å²) in [5, 5.41) is 18.5. The van der Waals surface area contributed by atoms with E-state index in [0.29, 0.717) is 0 Å². The molecule has 110 valence electrons. The van der Waals surface area contributed by atoms with Gasteiger partial charge in [-0.25, -0.2) is 0 Å². The lowest BCUT2D eigenvalue weighted by Gasteiger charge is -2.35. The highest BCUT2D eigenvalue weighted by atomic mass is 16.4. The predicted molar refractivity (Wildman–Crippen MR) is 71.6 cm³/mol. The van der Waals surface area contributed by atoms with Crippen molar-refractivity contribution in [2.24, 2.45) is 11.3 Å². The average molecular weight is 271 g/mol. The van der Waals surface area contributed by atoms with Crippen LogP contribution < -0.4 is 0 Å². The zero-order chi connectivity index (χ0) is 14.6. The number of rotatable bonds is 5. The van der Waals surface area contributed by atoms with Crippen molar-refractivity contribution in [1.82, 2.24) is 4.90 Å². The number of amides is 1. The standard InChI is InChI=1S/C14H25NO4/c1-14(2,3)11(13(18)19)12(17)15(8-9-16)10-6-4-5-7-10/h10-11,16H,4-9H2,1-3H3,(H,18,19). The summed E-state index contributed by atoms with van der Waals surface area (Å²) in [5.41, 5.74) is -0.630. The summed E-state index contributed by atoms with van der Waals surface area (Å²) in [6.45, 7) is 5.38. The molecule has 1 amide bonds. The second-order valence-corrected chi connectivity index (χ2v) is 6.33. The summed E-state index contributed by atoms with van der Waals surface area (Å²) in [7, 11) is 0. The molecule has 0 heterocycles. The second-order valence-electron chi connectivity index (χ2n) is 6.33. The Balaban J connectivity index is 2.92. The van der Waals surface area contributed by atoms with E-state index in [4.69, 9.17) is 5.11 Å². The molecule has 19 heavy (non-hydrogen) atoms. The van der Waals surface area contributed by atoms with Gasteiger partial charge in [0.05, 0.1) is 6.61 Å². The van der Waals surface area contributed by atoms with Gasteiger partial charge in [0.2, 0.25) is 5.91 Å². The number of carboxylic acid groups (broad SMARTS) is 1. The van der Waals surface area contributed by atoms with E-state index in [1.54, 1.807) is 25.7 Å². The molecule has 0 bridgehead atoms. The second kappa shape index (κ2) is 6.37. The Morgan fingerprint density at radius 1 is 1.26 bits per heavy atom. The third-order valence-electron chi connectivity index (χ3n) is 3.75. The van der Waals surface area contributed by atoms with Crippen LogP contribution in [0.15, 0.2) is 0 Å². The molecule has 1 rings (SSSR count). The van der Waals surface area contributed by atoms with Crippen molar-refractivity contribution < 1.29 is 19.8 Å². The Morgan fingerprint density at radius 3 is 2.16 bits per heavy atom. The Morgan fingerprint density at radius 2 is 1.79 bits per heavy atom. The quantitative estimate of drug-likeness (QED) is 0.743. The molecule has 1 unspecified atom stereocenters. The van der Waals surface area contributed by atoms with Crippen LogP contribution in [-0.2, 0) is 9.59 Å². The van der Waals surface area contributed by atoms with Gasteiger partial charge in [0, 0.05) is 12.6 Å². The van der Waals surface area contributed by atoms with E-state index in [9.17, 15) is 14.7 Å². The lowest BCUT2D eigenvalue weighted by atomic mass is 9.79. The first-order valence-corrected chi connectivity index (χ1v) is 6.93. The van der Waals surface area contributed by atoms with E-state index in [1.807, 2.05) is 0 Å². The Hall–Kier alpha value is -1.10. The molecular weight excluding hydrogens is 246 g/mol. The SMILES string of the molecule is CC(C)(C)C(C(=O)O)C(=O)N(CCO)C1CCCC1. The zero-order valence-corrected chi connectivity index (χ0v) is 12.1. The van der Waals surface area contributed by atoms with Gasteiger partial charge in [-0.3, -0.25) is 9.59 Å². The molecule has 2 N–H and O–H groups in total. The maximum atomic E-state index is 12.5. The largest absolute Gasteiger partial charge is 0.481 e. The summed E-state index contributed by atoms with van der Waals surface area (Å²) in [5.74, 6) is -2.50. The van der Waals surface area contributed by atoms with Crippen LogP contribution in [0.4, 0.5) is 0 Å². The van der Waals surface area contributed by atoms with Crippen molar-refractivity contribution in [2.75, 3.05) is 13.2 Å². The van der Waals surface area contributed by atoms with Crippen molar-refractivity contribution in [3.05, 3.63) is 0 Å². The summed E-state index contributed by atoms with van der Waals surface area (Å²) < 4.78 is 0. The molecular formula is C14H25NO4. The smallest absolute Gasteiger partial charge is 0.316 e. The summed E-state index contributed by atoms with van der Waals surface area (Å²) in [6, 6.07) is 0.0869. The molecule has 0 aromatic heterocycles. The van der Waals surface area contributed by atoms with Gasteiger partial charge in [-0.05, 0) is 18.3 Å². The van der Waals surface area contributed by atoms with Crippen LogP contribution in [0.5, 0.6) is 0 Å². The van der Waals surface area contributed by atoms with Crippen LogP contribution in [0.2, 0.25) is 0 Å². The molecule has 0 radical (unpaired) electrons. The highest BCUT2D eigenvalue weighted by Crippen LogP contribution is 2.31. The number of carboxylic acids is 1. The third kappa shape index (κ3) is 3.93. The van der Waals surface area contributed by atoms with Crippen LogP contribution >= 0.6 is 0 Å². The van der Waals surface area contributed by atoms with Gasteiger partial charge in [0.15, 0.2) is 0 Å². The number of aliphatic hydroxyl groups is 1. The molecule has 1 atom stereocenters. The minimum Gasteiger partial charge on any atom is -0.481 e. The molecule has 0 aromatic carbocycles. The zero-order valence-electron chi connectivity index (χ0n) is 12.1.